The largest absolute Gasteiger partial charge is 0.323 e. The van der Waals surface area contributed by atoms with Crippen molar-refractivity contribution in [2.75, 3.05) is 45.3 Å². The van der Waals surface area contributed by atoms with Crippen LogP contribution in [0.1, 0.15) is 13.8 Å². The summed E-state index contributed by atoms with van der Waals surface area (Å²) >= 11 is 0. The molecule has 5 nitrogen and oxygen atoms in total. The van der Waals surface area contributed by atoms with Gasteiger partial charge in [-0.1, -0.05) is 13.8 Å². The SMILES string of the molecule is CC(C)CN(CCN(C)C)C(=O)Nc1ccc([S@@](C)=O)cc1. The van der Waals surface area contributed by atoms with Crippen molar-refractivity contribution in [3.05, 3.63) is 24.3 Å². The molecular formula is C16H27N3O2S. The summed E-state index contributed by atoms with van der Waals surface area (Å²) in [5.74, 6) is 0.415. The second kappa shape index (κ2) is 8.90. The molecule has 22 heavy (non-hydrogen) atoms. The Hall–Kier alpha value is -1.40. The highest BCUT2D eigenvalue weighted by Gasteiger charge is 2.15. The van der Waals surface area contributed by atoms with Crippen molar-refractivity contribution in [3.8, 4) is 0 Å². The zero-order valence-electron chi connectivity index (χ0n) is 14.1. The fraction of sp³-hybridized carbons (Fsp3) is 0.562. The van der Waals surface area contributed by atoms with E-state index in [0.717, 1.165) is 23.7 Å². The number of nitrogens with zero attached hydrogens (tertiary/aromatic N) is 2. The van der Waals surface area contributed by atoms with Gasteiger partial charge in [-0.2, -0.15) is 0 Å². The van der Waals surface area contributed by atoms with Gasteiger partial charge in [0.05, 0.1) is 0 Å². The van der Waals surface area contributed by atoms with Gasteiger partial charge in [-0.3, -0.25) is 4.21 Å². The lowest BCUT2D eigenvalue weighted by molar-refractivity contribution is 0.197. The normalized spacial score (nSPS) is 12.5. The molecule has 6 heteroatoms. The number of anilines is 1. The lowest BCUT2D eigenvalue weighted by Crippen LogP contribution is -2.41. The molecule has 0 bridgehead atoms. The van der Waals surface area contributed by atoms with Crippen LogP contribution in [0.4, 0.5) is 10.5 Å². The predicted molar refractivity (Wildman–Crippen MR) is 92.8 cm³/mol. The summed E-state index contributed by atoms with van der Waals surface area (Å²) in [5, 5.41) is 2.91. The summed E-state index contributed by atoms with van der Waals surface area (Å²) in [7, 11) is 2.99. The molecule has 2 amide bonds. The van der Waals surface area contributed by atoms with Crippen LogP contribution in [-0.4, -0.2) is 60.0 Å². The molecule has 124 valence electrons. The number of amides is 2. The lowest BCUT2D eigenvalue weighted by atomic mass is 10.2. The topological polar surface area (TPSA) is 52.6 Å². The van der Waals surface area contributed by atoms with Gasteiger partial charge in [0.15, 0.2) is 0 Å². The molecule has 0 spiro atoms. The zero-order chi connectivity index (χ0) is 16.7. The minimum atomic E-state index is -1.00. The van der Waals surface area contributed by atoms with Gasteiger partial charge in [0, 0.05) is 47.3 Å². The Balaban J connectivity index is 2.70. The Morgan fingerprint density at radius 1 is 1.18 bits per heavy atom. The zero-order valence-corrected chi connectivity index (χ0v) is 14.9. The van der Waals surface area contributed by atoms with Crippen molar-refractivity contribution < 1.29 is 9.00 Å². The number of rotatable bonds is 7. The van der Waals surface area contributed by atoms with E-state index in [0.29, 0.717) is 12.5 Å². The van der Waals surface area contributed by atoms with Crippen molar-refractivity contribution in [1.82, 2.24) is 9.80 Å². The first-order chi connectivity index (χ1) is 10.3. The third-order valence-corrected chi connectivity index (χ3v) is 4.06. The summed E-state index contributed by atoms with van der Waals surface area (Å²) in [4.78, 5) is 17.1. The molecule has 0 aliphatic heterocycles. The third kappa shape index (κ3) is 6.58. The standard InChI is InChI=1S/C16H27N3O2S/c1-13(2)12-19(11-10-18(3)4)16(20)17-14-6-8-15(9-7-14)22(5)21/h6-9,13H,10-12H2,1-5H3,(H,17,20)/t22-/m1/s1. The molecule has 0 saturated carbocycles. The summed E-state index contributed by atoms with van der Waals surface area (Å²) < 4.78 is 11.4. The van der Waals surface area contributed by atoms with Crippen LogP contribution in [0.5, 0.6) is 0 Å². The van der Waals surface area contributed by atoms with E-state index in [2.05, 4.69) is 24.1 Å². The van der Waals surface area contributed by atoms with E-state index in [1.807, 2.05) is 19.0 Å². The van der Waals surface area contributed by atoms with Crippen LogP contribution < -0.4 is 5.32 Å². The van der Waals surface area contributed by atoms with Crippen molar-refractivity contribution >= 4 is 22.5 Å². The van der Waals surface area contributed by atoms with Crippen LogP contribution >= 0.6 is 0 Å². The molecular weight excluding hydrogens is 298 g/mol. The summed E-state index contributed by atoms with van der Waals surface area (Å²) in [6.45, 7) is 6.43. The first kappa shape index (κ1) is 18.6. The van der Waals surface area contributed by atoms with Crippen molar-refractivity contribution in [1.29, 1.82) is 0 Å². The number of nitrogens with one attached hydrogen (secondary N) is 1. The highest BCUT2D eigenvalue weighted by atomic mass is 32.2. The van der Waals surface area contributed by atoms with Crippen LogP contribution in [0, 0.1) is 5.92 Å². The van der Waals surface area contributed by atoms with Crippen LogP contribution in [0.3, 0.4) is 0 Å². The van der Waals surface area contributed by atoms with Gasteiger partial charge < -0.3 is 15.1 Å². The number of carbonyl (C=O) groups is 1. The van der Waals surface area contributed by atoms with Crippen LogP contribution in [-0.2, 0) is 10.8 Å². The van der Waals surface area contributed by atoms with E-state index in [4.69, 9.17) is 0 Å². The predicted octanol–water partition coefficient (Wildman–Crippen LogP) is 2.48. The lowest BCUT2D eigenvalue weighted by Gasteiger charge is -2.26. The van der Waals surface area contributed by atoms with E-state index in [9.17, 15) is 9.00 Å². The minimum Gasteiger partial charge on any atom is -0.323 e. The molecule has 0 aliphatic rings. The smallest absolute Gasteiger partial charge is 0.321 e. The molecule has 1 rings (SSSR count). The summed E-state index contributed by atoms with van der Waals surface area (Å²) in [5.41, 5.74) is 0.720. The number of hydrogen-bond donors (Lipinski definition) is 1. The van der Waals surface area contributed by atoms with Crippen molar-refractivity contribution in [3.63, 3.8) is 0 Å². The van der Waals surface area contributed by atoms with Crippen LogP contribution in [0.2, 0.25) is 0 Å². The monoisotopic (exact) mass is 325 g/mol. The van der Waals surface area contributed by atoms with Crippen LogP contribution in [0.15, 0.2) is 29.2 Å². The molecule has 0 unspecified atom stereocenters. The number of hydrogen-bond acceptors (Lipinski definition) is 3. The Labute approximate surface area is 136 Å². The molecule has 0 aliphatic carbocycles. The summed E-state index contributed by atoms with van der Waals surface area (Å²) in [6, 6.07) is 7.03. The van der Waals surface area contributed by atoms with E-state index in [-0.39, 0.29) is 6.03 Å². The third-order valence-electron chi connectivity index (χ3n) is 3.13. The number of benzene rings is 1. The molecule has 1 aromatic carbocycles. The van der Waals surface area contributed by atoms with Gasteiger partial charge >= 0.3 is 6.03 Å². The van der Waals surface area contributed by atoms with Gasteiger partial charge in [0.25, 0.3) is 0 Å². The Kier molecular flexibility index (Phi) is 7.55. The van der Waals surface area contributed by atoms with E-state index in [1.165, 1.54) is 0 Å². The molecule has 0 fully saturated rings. The van der Waals surface area contributed by atoms with Gasteiger partial charge in [0.2, 0.25) is 0 Å². The molecule has 0 aromatic heterocycles. The van der Waals surface area contributed by atoms with Crippen molar-refractivity contribution in [2.45, 2.75) is 18.7 Å². The molecule has 1 atom stereocenters. The molecule has 1 aromatic rings. The first-order valence-electron chi connectivity index (χ1n) is 7.43. The quantitative estimate of drug-likeness (QED) is 0.838. The average molecular weight is 325 g/mol. The Morgan fingerprint density at radius 3 is 2.23 bits per heavy atom. The molecule has 0 saturated heterocycles. The molecule has 1 N–H and O–H groups in total. The Morgan fingerprint density at radius 2 is 1.77 bits per heavy atom. The second-order valence-corrected chi connectivity index (χ2v) is 7.43. The van der Waals surface area contributed by atoms with E-state index >= 15 is 0 Å². The second-order valence-electron chi connectivity index (χ2n) is 6.05. The number of carbonyl (C=O) groups excluding carboxylic acids is 1. The fourth-order valence-electron chi connectivity index (χ4n) is 1.97. The Bertz CT molecular complexity index is 501. The maximum Gasteiger partial charge on any atom is 0.321 e. The van der Waals surface area contributed by atoms with E-state index < -0.39 is 10.8 Å². The maximum atomic E-state index is 12.4. The number of urea groups is 1. The average Bonchev–Trinajstić information content (AvgIpc) is 2.43. The van der Waals surface area contributed by atoms with Gasteiger partial charge in [0.1, 0.15) is 0 Å². The van der Waals surface area contributed by atoms with Gasteiger partial charge in [-0.25, -0.2) is 4.79 Å². The number of likely N-dealkylation sites (N-methyl/N-ethyl adjacent to an activating group) is 1. The van der Waals surface area contributed by atoms with Gasteiger partial charge in [-0.15, -0.1) is 0 Å². The highest BCUT2D eigenvalue weighted by molar-refractivity contribution is 7.84. The van der Waals surface area contributed by atoms with Crippen LogP contribution in [0.25, 0.3) is 0 Å². The highest BCUT2D eigenvalue weighted by Crippen LogP contribution is 2.13. The summed E-state index contributed by atoms with van der Waals surface area (Å²) in [6.07, 6.45) is 1.64. The van der Waals surface area contributed by atoms with Gasteiger partial charge in [-0.05, 0) is 44.3 Å². The maximum absolute atomic E-state index is 12.4. The molecule has 0 heterocycles. The van der Waals surface area contributed by atoms with E-state index in [1.54, 1.807) is 30.5 Å². The minimum absolute atomic E-state index is 0.0964. The first-order valence-corrected chi connectivity index (χ1v) is 8.99. The van der Waals surface area contributed by atoms with Crippen molar-refractivity contribution in [2.24, 2.45) is 5.92 Å². The fourth-order valence-corrected chi connectivity index (χ4v) is 2.49. The molecule has 0 radical (unpaired) electrons.